The van der Waals surface area contributed by atoms with Crippen molar-refractivity contribution in [3.63, 3.8) is 0 Å². The molecule has 5 heterocycles. The number of aliphatic hydroxyl groups is 13. The Morgan fingerprint density at radius 1 is 0.579 bits per heavy atom. The molecule has 0 radical (unpaired) electrons. The van der Waals surface area contributed by atoms with Crippen LogP contribution < -0.4 is 5.32 Å². The number of ether oxygens (including phenoxy) is 9. The van der Waals surface area contributed by atoms with E-state index >= 15 is 0 Å². The van der Waals surface area contributed by atoms with Crippen LogP contribution in [-0.2, 0) is 52.2 Å². The average molecular weight is 838 g/mol. The number of nitrogens with one attached hydrogen (secondary N) is 1. The number of hydrogen-bond donors (Lipinski definition) is 15. The van der Waals surface area contributed by atoms with Crippen LogP contribution in [-0.4, -0.2) is 251 Å². The summed E-state index contributed by atoms with van der Waals surface area (Å²) < 4.78 is 49.7. The number of carboxylic acids is 1. The molecule has 0 aromatic heterocycles. The zero-order valence-electron chi connectivity index (χ0n) is 30.2. The van der Waals surface area contributed by atoms with Crippen LogP contribution in [0.15, 0.2) is 0 Å². The minimum absolute atomic E-state index is 0.476. The summed E-state index contributed by atoms with van der Waals surface area (Å²) in [5.41, 5.74) is 0. The van der Waals surface area contributed by atoms with Gasteiger partial charge in [0.25, 0.3) is 0 Å². The van der Waals surface area contributed by atoms with Gasteiger partial charge in [-0.25, -0.2) is 4.79 Å². The van der Waals surface area contributed by atoms with Crippen LogP contribution in [0.1, 0.15) is 13.8 Å². The van der Waals surface area contributed by atoms with E-state index in [9.17, 15) is 81.1 Å². The molecule has 5 aliphatic heterocycles. The number of aliphatic carboxylic acids is 1. The third kappa shape index (κ3) is 9.67. The Morgan fingerprint density at radius 2 is 1.11 bits per heavy atom. The van der Waals surface area contributed by atoms with Gasteiger partial charge < -0.3 is 119 Å². The van der Waals surface area contributed by atoms with Gasteiger partial charge in [-0.15, -0.1) is 0 Å². The predicted molar refractivity (Wildman–Crippen MR) is 171 cm³/mol. The first-order valence-electron chi connectivity index (χ1n) is 17.9. The molecule has 0 aromatic carbocycles. The summed E-state index contributed by atoms with van der Waals surface area (Å²) in [4.78, 5) is 25.0. The molecule has 5 aliphatic rings. The lowest BCUT2D eigenvalue weighted by atomic mass is 9.94. The summed E-state index contributed by atoms with van der Waals surface area (Å²) >= 11 is 0. The second-order valence-electron chi connectivity index (χ2n) is 14.3. The van der Waals surface area contributed by atoms with Gasteiger partial charge in [-0.3, -0.25) is 4.79 Å². The highest BCUT2D eigenvalue weighted by molar-refractivity contribution is 5.74. The van der Waals surface area contributed by atoms with Gasteiger partial charge in [-0.1, -0.05) is 0 Å². The van der Waals surface area contributed by atoms with Crippen LogP contribution in [0.2, 0.25) is 0 Å². The average Bonchev–Trinajstić information content (AvgIpc) is 3.16. The molecular formula is C31H51NO25. The number of carbonyl (C=O) groups is 2. The molecule has 24 atom stereocenters. The van der Waals surface area contributed by atoms with Crippen molar-refractivity contribution < 1.29 is 124 Å². The van der Waals surface area contributed by atoms with Crippen molar-refractivity contribution in [2.75, 3.05) is 19.8 Å². The van der Waals surface area contributed by atoms with Gasteiger partial charge in [0.05, 0.1) is 25.9 Å². The molecular weight excluding hydrogens is 786 g/mol. The Labute approximate surface area is 322 Å². The first-order valence-corrected chi connectivity index (χ1v) is 17.9. The quantitative estimate of drug-likeness (QED) is 0.0867. The highest BCUT2D eigenvalue weighted by Gasteiger charge is 2.57. The molecule has 5 rings (SSSR count). The number of hydrogen-bond acceptors (Lipinski definition) is 24. The third-order valence-electron chi connectivity index (χ3n) is 10.3. The smallest absolute Gasteiger partial charge is 0.335 e. The lowest BCUT2D eigenvalue weighted by Crippen LogP contribution is -2.70. The summed E-state index contributed by atoms with van der Waals surface area (Å²) in [6, 6.07) is -1.73. The van der Waals surface area contributed by atoms with Crippen molar-refractivity contribution in [1.82, 2.24) is 5.32 Å². The standard InChI is InChI=1S/C31H51NO25/c1-6-12(37)17(42)24(31(50-6)55-23-13(38)8(36)5-49-27(23)48)56-30-20(45)18(43)22(25(57-30)26(46)47)54-28-11(32-7(2)35)21(15(40)10(4-34)51-28)53-29-19(44)16(41)14(39)9(3-33)52-29/h6,8-25,27-31,33-34,36-45,48H,3-5H2,1-2H3,(H,32,35)(H,46,47)/t6-,8+,9+,10+,11+,12-,13+,14-,15+,16-,17+,18+,19+,20+,21+,22+,23+,24+,25-,27+,28-,29-,30-,31-/m0/s1. The number of rotatable bonds is 12. The Hall–Kier alpha value is -1.94. The van der Waals surface area contributed by atoms with E-state index in [-0.39, 0.29) is 0 Å². The number of carboxylic acid groups (broad SMARTS) is 1. The van der Waals surface area contributed by atoms with E-state index in [0.29, 0.717) is 0 Å². The van der Waals surface area contributed by atoms with E-state index in [1.165, 1.54) is 6.92 Å². The Bertz CT molecular complexity index is 1330. The van der Waals surface area contributed by atoms with Crippen LogP contribution in [0, 0.1) is 0 Å². The zero-order chi connectivity index (χ0) is 42.2. The first kappa shape index (κ1) is 46.1. The third-order valence-corrected chi connectivity index (χ3v) is 10.3. The molecule has 0 aromatic rings. The van der Waals surface area contributed by atoms with Crippen molar-refractivity contribution >= 4 is 11.9 Å². The van der Waals surface area contributed by atoms with E-state index in [1.807, 2.05) is 0 Å². The topological polar surface area (TPSA) is 412 Å². The van der Waals surface area contributed by atoms with Crippen molar-refractivity contribution in [2.24, 2.45) is 0 Å². The second-order valence-corrected chi connectivity index (χ2v) is 14.3. The van der Waals surface area contributed by atoms with E-state index in [4.69, 9.17) is 42.6 Å². The zero-order valence-corrected chi connectivity index (χ0v) is 30.2. The largest absolute Gasteiger partial charge is 0.479 e. The van der Waals surface area contributed by atoms with E-state index in [0.717, 1.165) is 6.92 Å². The maximum Gasteiger partial charge on any atom is 0.335 e. The SMILES string of the molecule is CC(=O)N[C@H]1[C@H](O[C@@H]2[C@H](O)[C@@H](O)[C@@H](O[C@H]3[C@H](O[C@@H]4[C@H](O)[C@H](O)CO[C@H]4O)O[C@@H](C)[C@H](O)[C@H]3O)O[C@@H]2C(=O)O)O[C@H](CO)[C@@H](O)[C@@H]1O[C@@H]1O[C@H](CO)[C@H](O)[C@H](O)[C@H]1O. The molecule has 0 bridgehead atoms. The van der Waals surface area contributed by atoms with Crippen molar-refractivity contribution in [3.05, 3.63) is 0 Å². The lowest BCUT2D eigenvalue weighted by molar-refractivity contribution is -0.390. The highest BCUT2D eigenvalue weighted by Crippen LogP contribution is 2.35. The van der Waals surface area contributed by atoms with Crippen molar-refractivity contribution in [1.29, 1.82) is 0 Å². The minimum atomic E-state index is -2.31. The van der Waals surface area contributed by atoms with E-state index in [1.54, 1.807) is 0 Å². The molecule has 26 nitrogen and oxygen atoms in total. The minimum Gasteiger partial charge on any atom is -0.479 e. The van der Waals surface area contributed by atoms with Gasteiger partial charge in [0, 0.05) is 6.92 Å². The lowest BCUT2D eigenvalue weighted by Gasteiger charge is -2.50. The van der Waals surface area contributed by atoms with Crippen LogP contribution in [0.3, 0.4) is 0 Å². The summed E-state index contributed by atoms with van der Waals surface area (Å²) in [5, 5.41) is 149. The summed E-state index contributed by atoms with van der Waals surface area (Å²) in [6.45, 7) is -0.0164. The Morgan fingerprint density at radius 3 is 1.72 bits per heavy atom. The first-order chi connectivity index (χ1) is 26.8. The molecule has 0 aliphatic carbocycles. The molecule has 57 heavy (non-hydrogen) atoms. The van der Waals surface area contributed by atoms with Crippen LogP contribution in [0.25, 0.3) is 0 Å². The van der Waals surface area contributed by atoms with Crippen LogP contribution in [0.5, 0.6) is 0 Å². The summed E-state index contributed by atoms with van der Waals surface area (Å²) in [7, 11) is 0. The molecule has 0 unspecified atom stereocenters. The Balaban J connectivity index is 1.38. The number of carbonyl (C=O) groups excluding carboxylic acids is 1. The maximum atomic E-state index is 12.6. The fourth-order valence-corrected chi connectivity index (χ4v) is 7.02. The van der Waals surface area contributed by atoms with Crippen LogP contribution >= 0.6 is 0 Å². The van der Waals surface area contributed by atoms with Gasteiger partial charge >= 0.3 is 5.97 Å². The summed E-state index contributed by atoms with van der Waals surface area (Å²) in [6.07, 6.45) is -43.3. The summed E-state index contributed by atoms with van der Waals surface area (Å²) in [5.74, 6) is -2.70. The van der Waals surface area contributed by atoms with Gasteiger partial charge in [-0.05, 0) is 6.92 Å². The number of aliphatic hydroxyl groups excluding tert-OH is 13. The van der Waals surface area contributed by atoms with E-state index in [2.05, 4.69) is 5.32 Å². The van der Waals surface area contributed by atoms with Gasteiger partial charge in [-0.2, -0.15) is 0 Å². The predicted octanol–water partition coefficient (Wildman–Crippen LogP) is -10.0. The molecule has 330 valence electrons. The van der Waals surface area contributed by atoms with Gasteiger partial charge in [0.2, 0.25) is 5.91 Å². The van der Waals surface area contributed by atoms with Crippen molar-refractivity contribution in [2.45, 2.75) is 161 Å². The van der Waals surface area contributed by atoms with Crippen molar-refractivity contribution in [3.8, 4) is 0 Å². The highest BCUT2D eigenvalue weighted by atomic mass is 16.8. The maximum absolute atomic E-state index is 12.6. The molecule has 5 saturated heterocycles. The van der Waals surface area contributed by atoms with Gasteiger partial charge in [0.15, 0.2) is 37.6 Å². The molecule has 0 spiro atoms. The molecule has 1 amide bonds. The molecule has 26 heteroatoms. The molecule has 15 N–H and O–H groups in total. The monoisotopic (exact) mass is 837 g/mol. The van der Waals surface area contributed by atoms with Gasteiger partial charge in [0.1, 0.15) is 104 Å². The van der Waals surface area contributed by atoms with Crippen LogP contribution in [0.4, 0.5) is 0 Å². The fourth-order valence-electron chi connectivity index (χ4n) is 7.02. The molecule has 5 fully saturated rings. The Kier molecular flexibility index (Phi) is 15.5. The fraction of sp³-hybridized carbons (Fsp3) is 0.935. The molecule has 0 saturated carbocycles. The normalized spacial score (nSPS) is 50.9. The number of amides is 1. The second kappa shape index (κ2) is 19.2. The van der Waals surface area contributed by atoms with E-state index < -0.39 is 179 Å².